The molecule has 0 amide bonds. The van der Waals surface area contributed by atoms with E-state index >= 15 is 0 Å². The second-order valence-electron chi connectivity index (χ2n) is 7.87. The summed E-state index contributed by atoms with van der Waals surface area (Å²) in [6, 6.07) is 34.2. The smallest absolute Gasteiger partial charge is 0.256 e. The molecule has 0 saturated heterocycles. The minimum atomic E-state index is -2.49. The Bertz CT molecular complexity index is 1460. The van der Waals surface area contributed by atoms with Gasteiger partial charge in [-0.25, -0.2) is 0 Å². The monoisotopic (exact) mass is 451 g/mol. The number of fused-ring (bicyclic) bond motifs is 1. The van der Waals surface area contributed by atoms with E-state index < -0.39 is 6.04 Å². The first-order chi connectivity index (χ1) is 15.6. The first kappa shape index (κ1) is 20.6. The molecule has 0 unspecified atom stereocenters. The molecule has 1 aromatic heterocycles. The molecular formula is C28H22NOPS. The van der Waals surface area contributed by atoms with Gasteiger partial charge >= 0.3 is 0 Å². The molecule has 0 radical (unpaired) electrons. The highest BCUT2D eigenvalue weighted by atomic mass is 32.4. The van der Waals surface area contributed by atoms with Gasteiger partial charge in [-0.15, -0.1) is 0 Å². The van der Waals surface area contributed by atoms with Gasteiger partial charge in [0.15, 0.2) is 0 Å². The van der Waals surface area contributed by atoms with Gasteiger partial charge in [-0.2, -0.15) is 0 Å². The molecule has 5 rings (SSSR count). The fourth-order valence-corrected chi connectivity index (χ4v) is 8.53. The van der Waals surface area contributed by atoms with Crippen LogP contribution in [0.4, 0.5) is 0 Å². The summed E-state index contributed by atoms with van der Waals surface area (Å²) in [5.41, 5.74) is 2.85. The molecule has 1 N–H and O–H groups in total. The van der Waals surface area contributed by atoms with Crippen LogP contribution in [-0.4, -0.2) is 4.98 Å². The average molecular weight is 452 g/mol. The number of rotatable bonds is 4. The van der Waals surface area contributed by atoms with E-state index in [0.717, 1.165) is 32.6 Å². The summed E-state index contributed by atoms with van der Waals surface area (Å²) in [4.78, 5) is 16.3. The maximum Gasteiger partial charge on any atom is 0.256 e. The Morgan fingerprint density at radius 3 is 1.72 bits per heavy atom. The number of aromatic amines is 1. The molecule has 32 heavy (non-hydrogen) atoms. The second kappa shape index (κ2) is 8.35. The summed E-state index contributed by atoms with van der Waals surface area (Å²) < 4.78 is 0. The van der Waals surface area contributed by atoms with Crippen molar-refractivity contribution in [2.45, 2.75) is 6.92 Å². The van der Waals surface area contributed by atoms with Crippen LogP contribution in [-0.2, 0) is 11.8 Å². The van der Waals surface area contributed by atoms with Crippen molar-refractivity contribution in [2.24, 2.45) is 0 Å². The van der Waals surface area contributed by atoms with Crippen LogP contribution in [0.5, 0.6) is 0 Å². The van der Waals surface area contributed by atoms with Gasteiger partial charge < -0.3 is 4.98 Å². The number of hydrogen-bond acceptors (Lipinski definition) is 2. The molecule has 156 valence electrons. The van der Waals surface area contributed by atoms with Gasteiger partial charge in [0.1, 0.15) is 0 Å². The van der Waals surface area contributed by atoms with E-state index in [2.05, 4.69) is 60.4 Å². The third-order valence-corrected chi connectivity index (χ3v) is 10.8. The molecule has 4 heteroatoms. The molecule has 4 aromatic carbocycles. The van der Waals surface area contributed by atoms with E-state index in [9.17, 15) is 4.79 Å². The van der Waals surface area contributed by atoms with Gasteiger partial charge in [0.05, 0.1) is 5.69 Å². The zero-order valence-electron chi connectivity index (χ0n) is 17.7. The number of pyridine rings is 1. The SMILES string of the molecule is Cc1ccc(-c2[nH]c(=O)c3ccccc3c2P(=S)(c2ccccc2)c2ccccc2)cc1. The van der Waals surface area contributed by atoms with E-state index in [0.29, 0.717) is 5.39 Å². The minimum absolute atomic E-state index is 0.0948. The number of aryl methyl sites for hydroxylation is 1. The third-order valence-electron chi connectivity index (χ3n) is 5.80. The van der Waals surface area contributed by atoms with Gasteiger partial charge in [0.25, 0.3) is 5.56 Å². The number of aromatic nitrogens is 1. The average Bonchev–Trinajstić information content (AvgIpc) is 2.85. The molecule has 0 spiro atoms. The molecular weight excluding hydrogens is 429 g/mol. The standard InChI is InChI=1S/C28H22NOPS/c1-20-16-18-21(19-17-20)26-27(24-14-8-9-15-25(24)28(30)29-26)31(32,22-10-4-2-5-11-22)23-12-6-3-7-13-23/h2-19H,1H3,(H,29,30). The van der Waals surface area contributed by atoms with Crippen molar-refractivity contribution in [2.75, 3.05) is 0 Å². The quantitative estimate of drug-likeness (QED) is 0.378. The van der Waals surface area contributed by atoms with Crippen molar-refractivity contribution in [3.63, 3.8) is 0 Å². The molecule has 0 fully saturated rings. The van der Waals surface area contributed by atoms with Gasteiger partial charge in [-0.3, -0.25) is 4.79 Å². The van der Waals surface area contributed by atoms with Crippen molar-refractivity contribution in [3.8, 4) is 11.3 Å². The molecule has 2 nitrogen and oxygen atoms in total. The summed E-state index contributed by atoms with van der Waals surface area (Å²) in [7, 11) is 0. The van der Waals surface area contributed by atoms with E-state index in [-0.39, 0.29) is 5.56 Å². The largest absolute Gasteiger partial charge is 0.321 e. The Morgan fingerprint density at radius 1 is 0.656 bits per heavy atom. The topological polar surface area (TPSA) is 32.9 Å². The van der Waals surface area contributed by atoms with Gasteiger partial charge in [-0.1, -0.05) is 120 Å². The highest BCUT2D eigenvalue weighted by molar-refractivity contribution is 8.25. The highest BCUT2D eigenvalue weighted by Gasteiger charge is 2.30. The summed E-state index contributed by atoms with van der Waals surface area (Å²) in [5, 5.41) is 4.82. The van der Waals surface area contributed by atoms with E-state index in [4.69, 9.17) is 11.8 Å². The first-order valence-corrected chi connectivity index (χ1v) is 13.3. The zero-order valence-corrected chi connectivity index (χ0v) is 19.4. The fraction of sp³-hybridized carbons (Fsp3) is 0.0357. The highest BCUT2D eigenvalue weighted by Crippen LogP contribution is 2.46. The van der Waals surface area contributed by atoms with Gasteiger partial charge in [0.2, 0.25) is 0 Å². The van der Waals surface area contributed by atoms with Crippen molar-refractivity contribution in [1.29, 1.82) is 0 Å². The number of benzene rings is 4. The Kier molecular flexibility index (Phi) is 5.38. The molecule has 0 bridgehead atoms. The summed E-state index contributed by atoms with van der Waals surface area (Å²) in [6.07, 6.45) is 0. The molecule has 0 aliphatic carbocycles. The lowest BCUT2D eigenvalue weighted by molar-refractivity contribution is 1.29. The van der Waals surface area contributed by atoms with Crippen molar-refractivity contribution in [3.05, 3.63) is 125 Å². The number of H-pyrrole nitrogens is 1. The van der Waals surface area contributed by atoms with Crippen LogP contribution in [0.25, 0.3) is 22.0 Å². The third kappa shape index (κ3) is 3.44. The van der Waals surface area contributed by atoms with Crippen LogP contribution in [0.3, 0.4) is 0 Å². The van der Waals surface area contributed by atoms with Crippen LogP contribution in [0.1, 0.15) is 5.56 Å². The summed E-state index contributed by atoms with van der Waals surface area (Å²) in [6.45, 7) is 2.06. The molecule has 0 saturated carbocycles. The maximum absolute atomic E-state index is 13.1. The lowest BCUT2D eigenvalue weighted by atomic mass is 10.1. The number of hydrogen-bond donors (Lipinski definition) is 1. The molecule has 5 aromatic rings. The fourth-order valence-electron chi connectivity index (χ4n) is 4.20. The summed E-state index contributed by atoms with van der Waals surface area (Å²) >= 11 is 6.67. The van der Waals surface area contributed by atoms with Crippen molar-refractivity contribution in [1.82, 2.24) is 4.98 Å². The predicted molar refractivity (Wildman–Crippen MR) is 141 cm³/mol. The summed E-state index contributed by atoms with van der Waals surface area (Å²) in [5.74, 6) is 0. The predicted octanol–water partition coefficient (Wildman–Crippen LogP) is 5.26. The van der Waals surface area contributed by atoms with Gasteiger partial charge in [-0.05, 0) is 34.5 Å². The van der Waals surface area contributed by atoms with Gasteiger partial charge in [0, 0.05) is 16.7 Å². The van der Waals surface area contributed by atoms with Crippen molar-refractivity contribution < 1.29 is 0 Å². The molecule has 0 aliphatic rings. The number of nitrogens with one attached hydrogen (secondary N) is 1. The Balaban J connectivity index is 1.98. The Hall–Kier alpha value is -3.26. The van der Waals surface area contributed by atoms with E-state index in [1.54, 1.807) is 0 Å². The molecule has 0 atom stereocenters. The van der Waals surface area contributed by atoms with Crippen LogP contribution >= 0.6 is 6.04 Å². The second-order valence-corrected chi connectivity index (χ2v) is 12.2. The van der Waals surface area contributed by atoms with Crippen LogP contribution in [0.15, 0.2) is 114 Å². The van der Waals surface area contributed by atoms with Crippen molar-refractivity contribution >= 4 is 44.5 Å². The van der Waals surface area contributed by atoms with E-state index in [1.165, 1.54) is 5.56 Å². The normalized spacial score (nSPS) is 11.5. The lowest BCUT2D eigenvalue weighted by Gasteiger charge is -2.28. The van der Waals surface area contributed by atoms with Crippen LogP contribution in [0.2, 0.25) is 0 Å². The lowest BCUT2D eigenvalue weighted by Crippen LogP contribution is -2.29. The Labute approximate surface area is 192 Å². The molecule has 1 heterocycles. The van der Waals surface area contributed by atoms with Crippen LogP contribution < -0.4 is 21.5 Å². The minimum Gasteiger partial charge on any atom is -0.321 e. The zero-order chi connectivity index (χ0) is 22.1. The maximum atomic E-state index is 13.1. The molecule has 0 aliphatic heterocycles. The Morgan fingerprint density at radius 2 is 1.16 bits per heavy atom. The van der Waals surface area contributed by atoms with E-state index in [1.807, 2.05) is 60.7 Å². The first-order valence-electron chi connectivity index (χ1n) is 10.5. The van der Waals surface area contributed by atoms with Crippen LogP contribution in [0, 0.1) is 6.92 Å².